The van der Waals surface area contributed by atoms with Crippen LogP contribution in [0.2, 0.25) is 0 Å². The van der Waals surface area contributed by atoms with Crippen LogP contribution < -0.4 is 24.3 Å². The Kier molecular flexibility index (Phi) is 4.71. The number of carbonyl (C=O) groups is 1. The van der Waals surface area contributed by atoms with Crippen LogP contribution in [0.25, 0.3) is 11.5 Å². The van der Waals surface area contributed by atoms with Gasteiger partial charge in [0.15, 0.2) is 11.5 Å². The van der Waals surface area contributed by atoms with Crippen molar-refractivity contribution in [3.05, 3.63) is 42.5 Å². The Balaban J connectivity index is 1.49. The van der Waals surface area contributed by atoms with Gasteiger partial charge in [0.1, 0.15) is 18.1 Å². The molecule has 0 radical (unpaired) electrons. The summed E-state index contributed by atoms with van der Waals surface area (Å²) in [5.74, 6) is 1.95. The third-order valence-electron chi connectivity index (χ3n) is 4.09. The number of hydrogen-bond acceptors (Lipinski definition) is 8. The maximum absolute atomic E-state index is 12.5. The Bertz CT molecular complexity index is 1000. The molecule has 0 saturated heterocycles. The molecule has 1 N–H and O–H groups in total. The van der Waals surface area contributed by atoms with Gasteiger partial charge >= 0.3 is 6.01 Å². The maximum atomic E-state index is 12.5. The molecule has 2 heterocycles. The first-order valence-corrected chi connectivity index (χ1v) is 8.43. The van der Waals surface area contributed by atoms with E-state index in [0.29, 0.717) is 28.6 Å². The lowest BCUT2D eigenvalue weighted by atomic mass is 10.2. The zero-order valence-corrected chi connectivity index (χ0v) is 15.2. The van der Waals surface area contributed by atoms with Gasteiger partial charge in [0, 0.05) is 0 Å². The summed E-state index contributed by atoms with van der Waals surface area (Å²) in [7, 11) is 3.08. The van der Waals surface area contributed by atoms with Crippen molar-refractivity contribution < 1.29 is 28.2 Å². The van der Waals surface area contributed by atoms with E-state index in [1.165, 1.54) is 7.11 Å². The maximum Gasteiger partial charge on any atom is 0.322 e. The molecule has 0 spiro atoms. The molecule has 0 fully saturated rings. The number of anilines is 1. The summed E-state index contributed by atoms with van der Waals surface area (Å²) in [5, 5.41) is 10.4. The lowest BCUT2D eigenvalue weighted by Crippen LogP contribution is -2.40. The highest BCUT2D eigenvalue weighted by Crippen LogP contribution is 2.34. The van der Waals surface area contributed by atoms with E-state index >= 15 is 0 Å². The minimum Gasteiger partial charge on any atom is -0.497 e. The summed E-state index contributed by atoms with van der Waals surface area (Å²) in [4.78, 5) is 12.5. The number of ether oxygens (including phenoxy) is 4. The first kappa shape index (κ1) is 17.7. The molecule has 9 heteroatoms. The standard InChI is InChI=1S/C19H17N3O6/c1-24-11-7-8-13(25-2)12(9-11)18-21-22-19(28-18)20-17(23)16-10-26-14-5-3-4-6-15(14)27-16/h3-9,16H,10H2,1-2H3,(H,20,22,23). The Morgan fingerprint density at radius 2 is 1.93 bits per heavy atom. The van der Waals surface area contributed by atoms with E-state index < -0.39 is 12.0 Å². The van der Waals surface area contributed by atoms with Crippen LogP contribution in [0.4, 0.5) is 6.01 Å². The van der Waals surface area contributed by atoms with Crippen LogP contribution in [-0.2, 0) is 4.79 Å². The van der Waals surface area contributed by atoms with Gasteiger partial charge in [-0.2, -0.15) is 0 Å². The van der Waals surface area contributed by atoms with Crippen molar-refractivity contribution in [3.63, 3.8) is 0 Å². The molecule has 1 aliphatic heterocycles. The molecule has 0 aliphatic carbocycles. The lowest BCUT2D eigenvalue weighted by molar-refractivity contribution is -0.125. The van der Waals surface area contributed by atoms with Crippen LogP contribution in [0.5, 0.6) is 23.0 Å². The molecular formula is C19H17N3O6. The van der Waals surface area contributed by atoms with Gasteiger partial charge in [0.05, 0.1) is 19.8 Å². The van der Waals surface area contributed by atoms with E-state index in [1.54, 1.807) is 43.5 Å². The first-order valence-electron chi connectivity index (χ1n) is 8.43. The van der Waals surface area contributed by atoms with Gasteiger partial charge in [-0.1, -0.05) is 17.2 Å². The molecular weight excluding hydrogens is 366 g/mol. The number of benzene rings is 2. The molecule has 1 amide bonds. The molecule has 4 rings (SSSR count). The Labute approximate surface area is 160 Å². The van der Waals surface area contributed by atoms with Crippen molar-refractivity contribution in [2.45, 2.75) is 6.10 Å². The summed E-state index contributed by atoms with van der Waals surface area (Å²) < 4.78 is 27.3. The van der Waals surface area contributed by atoms with Gasteiger partial charge in [-0.3, -0.25) is 10.1 Å². The minimum atomic E-state index is -0.836. The number of nitrogens with zero attached hydrogens (tertiary/aromatic N) is 2. The van der Waals surface area contributed by atoms with E-state index in [0.717, 1.165) is 0 Å². The van der Waals surface area contributed by atoms with E-state index in [9.17, 15) is 4.79 Å². The van der Waals surface area contributed by atoms with Crippen molar-refractivity contribution in [1.82, 2.24) is 10.2 Å². The second kappa shape index (κ2) is 7.47. The molecule has 3 aromatic rings. The van der Waals surface area contributed by atoms with Gasteiger partial charge in [0.25, 0.3) is 11.8 Å². The van der Waals surface area contributed by atoms with Gasteiger partial charge in [-0.25, -0.2) is 0 Å². The SMILES string of the molecule is COc1ccc(OC)c(-c2nnc(NC(=O)C3COc4ccccc4O3)o2)c1. The number of methoxy groups -OCH3 is 2. The van der Waals surface area contributed by atoms with Crippen molar-refractivity contribution in [3.8, 4) is 34.5 Å². The first-order chi connectivity index (χ1) is 13.7. The number of carbonyl (C=O) groups excluding carboxylic acids is 1. The Morgan fingerprint density at radius 3 is 2.71 bits per heavy atom. The molecule has 1 unspecified atom stereocenters. The number of nitrogens with one attached hydrogen (secondary N) is 1. The molecule has 28 heavy (non-hydrogen) atoms. The van der Waals surface area contributed by atoms with Crippen LogP contribution in [0.1, 0.15) is 0 Å². The van der Waals surface area contributed by atoms with Crippen molar-refractivity contribution in [2.24, 2.45) is 0 Å². The number of rotatable bonds is 5. The van der Waals surface area contributed by atoms with Crippen LogP contribution in [0.15, 0.2) is 46.9 Å². The van der Waals surface area contributed by atoms with E-state index in [2.05, 4.69) is 15.5 Å². The van der Waals surface area contributed by atoms with Gasteiger partial charge < -0.3 is 23.4 Å². The van der Waals surface area contributed by atoms with E-state index in [1.807, 2.05) is 6.07 Å². The second-order valence-electron chi connectivity index (χ2n) is 5.83. The van der Waals surface area contributed by atoms with Crippen LogP contribution in [0, 0.1) is 0 Å². The zero-order chi connectivity index (χ0) is 19.5. The number of hydrogen-bond donors (Lipinski definition) is 1. The fraction of sp³-hybridized carbons (Fsp3) is 0.211. The molecule has 0 saturated carbocycles. The summed E-state index contributed by atoms with van der Waals surface area (Å²) in [6.07, 6.45) is -0.836. The second-order valence-corrected chi connectivity index (χ2v) is 5.83. The molecule has 1 aliphatic rings. The lowest BCUT2D eigenvalue weighted by Gasteiger charge is -2.24. The van der Waals surface area contributed by atoms with Crippen LogP contribution in [0.3, 0.4) is 0 Å². The number of fused-ring (bicyclic) bond motifs is 1. The van der Waals surface area contributed by atoms with Crippen molar-refractivity contribution >= 4 is 11.9 Å². The summed E-state index contributed by atoms with van der Waals surface area (Å²) >= 11 is 0. The van der Waals surface area contributed by atoms with Gasteiger partial charge in [-0.05, 0) is 30.3 Å². The third-order valence-corrected chi connectivity index (χ3v) is 4.09. The van der Waals surface area contributed by atoms with Crippen LogP contribution >= 0.6 is 0 Å². The highest BCUT2D eigenvalue weighted by molar-refractivity contribution is 5.93. The molecule has 2 aromatic carbocycles. The zero-order valence-electron chi connectivity index (χ0n) is 15.2. The molecule has 1 atom stereocenters. The minimum absolute atomic E-state index is 0.0627. The van der Waals surface area contributed by atoms with Gasteiger partial charge in [0.2, 0.25) is 6.10 Å². The predicted molar refractivity (Wildman–Crippen MR) is 97.8 cm³/mol. The third kappa shape index (κ3) is 3.41. The molecule has 1 aromatic heterocycles. The molecule has 144 valence electrons. The molecule has 9 nitrogen and oxygen atoms in total. The highest BCUT2D eigenvalue weighted by Gasteiger charge is 2.28. The highest BCUT2D eigenvalue weighted by atomic mass is 16.6. The quantitative estimate of drug-likeness (QED) is 0.717. The average molecular weight is 383 g/mol. The fourth-order valence-corrected chi connectivity index (χ4v) is 2.70. The summed E-state index contributed by atoms with van der Waals surface area (Å²) in [5.41, 5.74) is 0.543. The van der Waals surface area contributed by atoms with Gasteiger partial charge in [-0.15, -0.1) is 5.10 Å². The number of para-hydroxylation sites is 2. The van der Waals surface area contributed by atoms with E-state index in [-0.39, 0.29) is 18.5 Å². The normalized spacial score (nSPS) is 15.0. The fourth-order valence-electron chi connectivity index (χ4n) is 2.70. The predicted octanol–water partition coefficient (Wildman–Crippen LogP) is 2.53. The van der Waals surface area contributed by atoms with E-state index in [4.69, 9.17) is 23.4 Å². The number of amides is 1. The van der Waals surface area contributed by atoms with Crippen LogP contribution in [-0.4, -0.2) is 43.0 Å². The monoisotopic (exact) mass is 383 g/mol. The van der Waals surface area contributed by atoms with Crippen molar-refractivity contribution in [2.75, 3.05) is 26.1 Å². The van der Waals surface area contributed by atoms with Crippen molar-refractivity contribution in [1.29, 1.82) is 0 Å². The smallest absolute Gasteiger partial charge is 0.322 e. The number of aromatic nitrogens is 2. The largest absolute Gasteiger partial charge is 0.497 e. The topological polar surface area (TPSA) is 105 Å². The molecule has 0 bridgehead atoms. The average Bonchev–Trinajstić information content (AvgIpc) is 3.21. The summed E-state index contributed by atoms with van der Waals surface area (Å²) in [6, 6.07) is 12.2. The Hall–Kier alpha value is -3.75. The Morgan fingerprint density at radius 1 is 1.11 bits per heavy atom. The summed E-state index contributed by atoms with van der Waals surface area (Å²) in [6.45, 7) is 0.0769.